The van der Waals surface area contributed by atoms with Crippen molar-refractivity contribution >= 4 is 11.9 Å². The zero-order valence-electron chi connectivity index (χ0n) is 9.04. The number of hydrogen-bond acceptors (Lipinski definition) is 2. The second-order valence-electron chi connectivity index (χ2n) is 3.77. The van der Waals surface area contributed by atoms with Crippen LogP contribution in [0.5, 0.6) is 0 Å². The number of nitrogens with one attached hydrogen (secondary N) is 1. The summed E-state index contributed by atoms with van der Waals surface area (Å²) in [5, 5.41) is 11.3. The smallest absolute Gasteiger partial charge is 0.303 e. The number of carboxylic acids is 1. The summed E-state index contributed by atoms with van der Waals surface area (Å²) in [4.78, 5) is 21.6. The molecule has 2 N–H and O–H groups in total. The van der Waals surface area contributed by atoms with Gasteiger partial charge in [0.05, 0.1) is 0 Å². The van der Waals surface area contributed by atoms with Crippen molar-refractivity contribution in [2.45, 2.75) is 33.6 Å². The third kappa shape index (κ3) is 5.56. The van der Waals surface area contributed by atoms with Crippen LogP contribution in [0.25, 0.3) is 0 Å². The first kappa shape index (κ1) is 12.9. The molecule has 4 nitrogen and oxygen atoms in total. The molecule has 1 unspecified atom stereocenters. The minimum Gasteiger partial charge on any atom is -0.481 e. The first-order valence-electron chi connectivity index (χ1n) is 4.96. The van der Waals surface area contributed by atoms with Crippen molar-refractivity contribution in [3.63, 3.8) is 0 Å². The molecule has 1 amide bonds. The van der Waals surface area contributed by atoms with Crippen LogP contribution >= 0.6 is 0 Å². The van der Waals surface area contributed by atoms with Crippen molar-refractivity contribution in [1.29, 1.82) is 0 Å². The maximum atomic E-state index is 11.2. The van der Waals surface area contributed by atoms with Gasteiger partial charge in [-0.25, -0.2) is 0 Å². The van der Waals surface area contributed by atoms with Crippen molar-refractivity contribution in [3.05, 3.63) is 0 Å². The Morgan fingerprint density at radius 1 is 1.36 bits per heavy atom. The molecule has 0 rings (SSSR count). The van der Waals surface area contributed by atoms with Crippen LogP contribution in [0.1, 0.15) is 33.6 Å². The standard InChI is InChI=1S/C10H19NO3/c1-4-8(5-9(12)13)6-11-10(14)7(2)3/h7-8H,4-6H2,1-3H3,(H,11,14)(H,12,13). The first-order chi connectivity index (χ1) is 6.47. The zero-order chi connectivity index (χ0) is 11.1. The molecule has 0 aromatic heterocycles. The lowest BCUT2D eigenvalue weighted by atomic mass is 10.0. The van der Waals surface area contributed by atoms with Gasteiger partial charge in [0.2, 0.25) is 5.91 Å². The molecule has 0 aliphatic heterocycles. The fraction of sp³-hybridized carbons (Fsp3) is 0.800. The van der Waals surface area contributed by atoms with Crippen LogP contribution < -0.4 is 5.32 Å². The normalized spacial score (nSPS) is 12.6. The molecule has 0 spiro atoms. The van der Waals surface area contributed by atoms with Gasteiger partial charge in [0.15, 0.2) is 0 Å². The molecule has 0 saturated carbocycles. The van der Waals surface area contributed by atoms with E-state index in [0.717, 1.165) is 6.42 Å². The number of carbonyl (C=O) groups is 2. The number of aliphatic carboxylic acids is 1. The third-order valence-electron chi connectivity index (χ3n) is 2.13. The average Bonchev–Trinajstić information content (AvgIpc) is 2.10. The summed E-state index contributed by atoms with van der Waals surface area (Å²) in [5.41, 5.74) is 0. The van der Waals surface area contributed by atoms with Gasteiger partial charge in [-0.05, 0) is 5.92 Å². The van der Waals surface area contributed by atoms with Gasteiger partial charge in [-0.1, -0.05) is 27.2 Å². The predicted molar refractivity (Wildman–Crippen MR) is 53.9 cm³/mol. The van der Waals surface area contributed by atoms with Crippen LogP contribution in [-0.2, 0) is 9.59 Å². The van der Waals surface area contributed by atoms with Crippen LogP contribution in [0.15, 0.2) is 0 Å². The molecule has 0 bridgehead atoms. The third-order valence-corrected chi connectivity index (χ3v) is 2.13. The van der Waals surface area contributed by atoms with Gasteiger partial charge in [0.25, 0.3) is 0 Å². The molecular formula is C10H19NO3. The van der Waals surface area contributed by atoms with E-state index in [2.05, 4.69) is 5.32 Å². The summed E-state index contributed by atoms with van der Waals surface area (Å²) in [6, 6.07) is 0. The molecule has 0 aliphatic carbocycles. The highest BCUT2D eigenvalue weighted by molar-refractivity contribution is 5.77. The SMILES string of the molecule is CCC(CNC(=O)C(C)C)CC(=O)O. The number of carboxylic acid groups (broad SMARTS) is 1. The van der Waals surface area contributed by atoms with E-state index in [1.54, 1.807) is 0 Å². The van der Waals surface area contributed by atoms with Gasteiger partial charge in [0, 0.05) is 18.9 Å². The predicted octanol–water partition coefficient (Wildman–Crippen LogP) is 1.26. The van der Waals surface area contributed by atoms with Crippen LogP contribution in [0, 0.1) is 11.8 Å². The van der Waals surface area contributed by atoms with E-state index < -0.39 is 5.97 Å². The number of hydrogen-bond donors (Lipinski definition) is 2. The van der Waals surface area contributed by atoms with Crippen LogP contribution in [0.3, 0.4) is 0 Å². The van der Waals surface area contributed by atoms with E-state index in [-0.39, 0.29) is 24.2 Å². The minimum absolute atomic E-state index is 0.0196. The molecule has 0 fully saturated rings. The lowest BCUT2D eigenvalue weighted by molar-refractivity contribution is -0.138. The quantitative estimate of drug-likeness (QED) is 0.680. The van der Waals surface area contributed by atoms with Gasteiger partial charge >= 0.3 is 5.97 Å². The van der Waals surface area contributed by atoms with Crippen molar-refractivity contribution < 1.29 is 14.7 Å². The Labute approximate surface area is 84.7 Å². The Balaban J connectivity index is 3.83. The second kappa shape index (κ2) is 6.40. The molecule has 0 radical (unpaired) electrons. The molecule has 0 aliphatic rings. The number of carbonyl (C=O) groups excluding carboxylic acids is 1. The topological polar surface area (TPSA) is 66.4 Å². The highest BCUT2D eigenvalue weighted by Crippen LogP contribution is 2.06. The van der Waals surface area contributed by atoms with E-state index in [4.69, 9.17) is 5.11 Å². The van der Waals surface area contributed by atoms with Crippen LogP contribution in [0.4, 0.5) is 0 Å². The summed E-state index contributed by atoms with van der Waals surface area (Å²) in [5.74, 6) is -0.836. The molecule has 0 aromatic carbocycles. The zero-order valence-corrected chi connectivity index (χ0v) is 9.04. The molecule has 0 aromatic rings. The van der Waals surface area contributed by atoms with E-state index in [9.17, 15) is 9.59 Å². The fourth-order valence-electron chi connectivity index (χ4n) is 1.06. The van der Waals surface area contributed by atoms with Crippen molar-refractivity contribution in [1.82, 2.24) is 5.32 Å². The molecular weight excluding hydrogens is 182 g/mol. The Bertz CT molecular complexity index is 202. The van der Waals surface area contributed by atoms with Gasteiger partial charge in [-0.15, -0.1) is 0 Å². The summed E-state index contributed by atoms with van der Waals surface area (Å²) in [6.07, 6.45) is 0.888. The molecule has 0 heterocycles. The highest BCUT2D eigenvalue weighted by Gasteiger charge is 2.13. The van der Waals surface area contributed by atoms with Gasteiger partial charge < -0.3 is 10.4 Å². The van der Waals surface area contributed by atoms with Crippen LogP contribution in [-0.4, -0.2) is 23.5 Å². The van der Waals surface area contributed by atoms with Gasteiger partial charge in [-0.2, -0.15) is 0 Å². The largest absolute Gasteiger partial charge is 0.481 e. The summed E-state index contributed by atoms with van der Waals surface area (Å²) in [6.45, 7) is 6.01. The minimum atomic E-state index is -0.810. The molecule has 82 valence electrons. The molecule has 14 heavy (non-hydrogen) atoms. The Morgan fingerprint density at radius 3 is 2.29 bits per heavy atom. The van der Waals surface area contributed by atoms with Gasteiger partial charge in [0.1, 0.15) is 0 Å². The molecule has 0 saturated heterocycles. The number of amides is 1. The lowest BCUT2D eigenvalue weighted by Crippen LogP contribution is -2.32. The maximum absolute atomic E-state index is 11.2. The summed E-state index contributed by atoms with van der Waals surface area (Å²) < 4.78 is 0. The molecule has 4 heteroatoms. The Hall–Kier alpha value is -1.06. The maximum Gasteiger partial charge on any atom is 0.303 e. The Morgan fingerprint density at radius 2 is 1.93 bits per heavy atom. The van der Waals surface area contributed by atoms with Crippen LogP contribution in [0.2, 0.25) is 0 Å². The fourth-order valence-corrected chi connectivity index (χ4v) is 1.06. The Kier molecular flexibility index (Phi) is 5.92. The van der Waals surface area contributed by atoms with E-state index >= 15 is 0 Å². The lowest BCUT2D eigenvalue weighted by Gasteiger charge is -2.14. The monoisotopic (exact) mass is 201 g/mol. The number of rotatable bonds is 6. The molecule has 1 atom stereocenters. The van der Waals surface area contributed by atoms with E-state index in [0.29, 0.717) is 6.54 Å². The van der Waals surface area contributed by atoms with Crippen molar-refractivity contribution in [2.75, 3.05) is 6.54 Å². The summed E-state index contributed by atoms with van der Waals surface area (Å²) in [7, 11) is 0. The highest BCUT2D eigenvalue weighted by atomic mass is 16.4. The van der Waals surface area contributed by atoms with Crippen molar-refractivity contribution in [2.24, 2.45) is 11.8 Å². The first-order valence-corrected chi connectivity index (χ1v) is 4.96. The van der Waals surface area contributed by atoms with E-state index in [1.807, 2.05) is 20.8 Å². The van der Waals surface area contributed by atoms with Crippen molar-refractivity contribution in [3.8, 4) is 0 Å². The van der Waals surface area contributed by atoms with E-state index in [1.165, 1.54) is 0 Å². The summed E-state index contributed by atoms with van der Waals surface area (Å²) >= 11 is 0. The van der Waals surface area contributed by atoms with Gasteiger partial charge in [-0.3, -0.25) is 9.59 Å². The average molecular weight is 201 g/mol. The second-order valence-corrected chi connectivity index (χ2v) is 3.77.